The smallest absolute Gasteiger partial charge is 0.292 e. The van der Waals surface area contributed by atoms with Crippen molar-refractivity contribution in [2.24, 2.45) is 12.0 Å². The van der Waals surface area contributed by atoms with Crippen molar-refractivity contribution in [2.45, 2.75) is 12.7 Å². The summed E-state index contributed by atoms with van der Waals surface area (Å²) in [4.78, 5) is 43.2. The van der Waals surface area contributed by atoms with E-state index < -0.39 is 34.6 Å². The number of halogens is 6. The van der Waals surface area contributed by atoms with Gasteiger partial charge in [-0.25, -0.2) is 18.7 Å². The summed E-state index contributed by atoms with van der Waals surface area (Å²) in [5, 5.41) is 0.0547. The van der Waals surface area contributed by atoms with Crippen LogP contribution in [0.25, 0.3) is 5.69 Å². The molecular formula is C22H14BrClF4N4O3S. The lowest BCUT2D eigenvalue weighted by Gasteiger charge is -2.17. The number of carbonyl (C=O) groups excluding carboxylic acids is 1. The zero-order chi connectivity index (χ0) is 26.4. The molecule has 36 heavy (non-hydrogen) atoms. The molecule has 0 bridgehead atoms. The van der Waals surface area contributed by atoms with Crippen molar-refractivity contribution in [3.05, 3.63) is 89.9 Å². The van der Waals surface area contributed by atoms with Gasteiger partial charge in [-0.05, 0) is 29.8 Å². The third-order valence-electron chi connectivity index (χ3n) is 5.19. The van der Waals surface area contributed by atoms with Gasteiger partial charge >= 0.3 is 11.9 Å². The average Bonchev–Trinajstić information content (AvgIpc) is 3.13. The molecule has 1 saturated heterocycles. The molecular weight excluding hydrogens is 592 g/mol. The minimum atomic E-state index is -4.97. The fourth-order valence-corrected chi connectivity index (χ4v) is 4.77. The summed E-state index contributed by atoms with van der Waals surface area (Å²) in [6.45, 7) is 0.197. The van der Waals surface area contributed by atoms with E-state index in [4.69, 9.17) is 11.6 Å². The van der Waals surface area contributed by atoms with Crippen LogP contribution in [0.4, 0.5) is 23.2 Å². The molecule has 1 aromatic heterocycles. The Labute approximate surface area is 218 Å². The van der Waals surface area contributed by atoms with E-state index in [0.29, 0.717) is 0 Å². The number of aliphatic imine (C=N–C) groups is 1. The molecule has 1 aliphatic heterocycles. The fourth-order valence-electron chi connectivity index (χ4n) is 3.42. The van der Waals surface area contributed by atoms with E-state index >= 15 is 0 Å². The maximum atomic E-state index is 14.8. The van der Waals surface area contributed by atoms with E-state index in [-0.39, 0.29) is 49.3 Å². The lowest BCUT2D eigenvalue weighted by molar-refractivity contribution is -0.144. The van der Waals surface area contributed by atoms with Gasteiger partial charge in [0.2, 0.25) is 5.91 Å². The Kier molecular flexibility index (Phi) is 7.17. The van der Waals surface area contributed by atoms with Crippen molar-refractivity contribution >= 4 is 56.1 Å². The predicted molar refractivity (Wildman–Crippen MR) is 131 cm³/mol. The highest BCUT2D eigenvalue weighted by atomic mass is 79.9. The zero-order valence-electron chi connectivity index (χ0n) is 18.1. The molecule has 188 valence electrons. The van der Waals surface area contributed by atoms with Crippen LogP contribution in [0, 0.1) is 5.82 Å². The Hall–Kier alpha value is -2.90. The van der Waals surface area contributed by atoms with Crippen molar-refractivity contribution in [1.29, 1.82) is 0 Å². The minimum absolute atomic E-state index is 0.0834. The van der Waals surface area contributed by atoms with Crippen LogP contribution >= 0.6 is 39.3 Å². The Morgan fingerprint density at radius 2 is 1.78 bits per heavy atom. The number of hydrogen-bond donors (Lipinski definition) is 0. The van der Waals surface area contributed by atoms with Gasteiger partial charge in [-0.2, -0.15) is 13.2 Å². The van der Waals surface area contributed by atoms with E-state index in [1.807, 2.05) is 24.3 Å². The third kappa shape index (κ3) is 5.13. The molecule has 0 spiro atoms. The number of aromatic nitrogens is 2. The zero-order valence-corrected chi connectivity index (χ0v) is 21.3. The molecule has 2 aromatic carbocycles. The second kappa shape index (κ2) is 9.87. The monoisotopic (exact) mass is 604 g/mol. The molecule has 3 aromatic rings. The normalized spacial score (nSPS) is 15.2. The summed E-state index contributed by atoms with van der Waals surface area (Å²) in [6, 6.07) is 9.21. The van der Waals surface area contributed by atoms with E-state index in [1.54, 1.807) is 0 Å². The van der Waals surface area contributed by atoms with Crippen LogP contribution in [-0.4, -0.2) is 30.9 Å². The van der Waals surface area contributed by atoms with Crippen LogP contribution in [-0.2, 0) is 24.6 Å². The van der Waals surface area contributed by atoms with Gasteiger partial charge in [-0.1, -0.05) is 51.4 Å². The summed E-state index contributed by atoms with van der Waals surface area (Å²) >= 11 is 10.6. The Balaban J connectivity index is 1.79. The first-order valence-electron chi connectivity index (χ1n) is 10.0. The van der Waals surface area contributed by atoms with Crippen molar-refractivity contribution in [3.63, 3.8) is 0 Å². The fraction of sp³-hybridized carbons (Fsp3) is 0.182. The SMILES string of the molecule is Cn1c(C(F)(F)F)cc(=O)n(-c2cc(N=C3SCC(=O)N3Cc3ccc(Br)cc3)c(Cl)cc2F)c1=O. The summed E-state index contributed by atoms with van der Waals surface area (Å²) in [6.07, 6.45) is -4.97. The third-order valence-corrected chi connectivity index (χ3v) is 6.99. The van der Waals surface area contributed by atoms with Gasteiger partial charge < -0.3 is 0 Å². The largest absolute Gasteiger partial charge is 0.431 e. The van der Waals surface area contributed by atoms with Gasteiger partial charge in [-0.15, -0.1) is 0 Å². The number of rotatable bonds is 4. The Morgan fingerprint density at radius 1 is 1.11 bits per heavy atom. The van der Waals surface area contributed by atoms with Crippen LogP contribution in [0.2, 0.25) is 5.02 Å². The van der Waals surface area contributed by atoms with Crippen LogP contribution in [0.3, 0.4) is 0 Å². The van der Waals surface area contributed by atoms with Gasteiger partial charge in [0, 0.05) is 17.6 Å². The van der Waals surface area contributed by atoms with Gasteiger partial charge in [-0.3, -0.25) is 19.1 Å². The molecule has 7 nitrogen and oxygen atoms in total. The minimum Gasteiger partial charge on any atom is -0.292 e. The second-order valence-electron chi connectivity index (χ2n) is 7.59. The molecule has 4 rings (SSSR count). The first-order chi connectivity index (χ1) is 16.9. The molecule has 2 heterocycles. The highest BCUT2D eigenvalue weighted by molar-refractivity contribution is 9.10. The topological polar surface area (TPSA) is 76.7 Å². The molecule has 1 aliphatic rings. The molecule has 0 unspecified atom stereocenters. The van der Waals surface area contributed by atoms with Gasteiger partial charge in [0.1, 0.15) is 11.5 Å². The van der Waals surface area contributed by atoms with Gasteiger partial charge in [0.05, 0.1) is 28.7 Å². The van der Waals surface area contributed by atoms with E-state index in [2.05, 4.69) is 20.9 Å². The van der Waals surface area contributed by atoms with E-state index in [9.17, 15) is 31.9 Å². The molecule has 0 aliphatic carbocycles. The molecule has 0 atom stereocenters. The number of nitrogens with zero attached hydrogens (tertiary/aromatic N) is 4. The van der Waals surface area contributed by atoms with Crippen molar-refractivity contribution in [2.75, 3.05) is 5.75 Å². The first kappa shape index (κ1) is 26.2. The van der Waals surface area contributed by atoms with Gasteiger partial charge in [0.25, 0.3) is 5.56 Å². The Morgan fingerprint density at radius 3 is 2.42 bits per heavy atom. The van der Waals surface area contributed by atoms with Crippen LogP contribution in [0.1, 0.15) is 11.3 Å². The number of thioether (sulfide) groups is 1. The molecule has 0 radical (unpaired) electrons. The predicted octanol–water partition coefficient (Wildman–Crippen LogP) is 4.87. The number of carbonyl (C=O) groups is 1. The molecule has 0 N–H and O–H groups in total. The van der Waals surface area contributed by atoms with Crippen LogP contribution < -0.4 is 11.2 Å². The second-order valence-corrected chi connectivity index (χ2v) is 9.85. The van der Waals surface area contributed by atoms with Crippen molar-refractivity contribution < 1.29 is 22.4 Å². The molecule has 0 saturated carbocycles. The highest BCUT2D eigenvalue weighted by Crippen LogP contribution is 2.33. The molecule has 1 fully saturated rings. The van der Waals surface area contributed by atoms with Crippen molar-refractivity contribution in [1.82, 2.24) is 14.0 Å². The maximum Gasteiger partial charge on any atom is 0.431 e. The average molecular weight is 606 g/mol. The van der Waals surface area contributed by atoms with E-state index in [1.165, 1.54) is 4.90 Å². The summed E-state index contributed by atoms with van der Waals surface area (Å²) < 4.78 is 55.6. The summed E-state index contributed by atoms with van der Waals surface area (Å²) in [5.41, 5.74) is -4.17. The molecule has 14 heteroatoms. The summed E-state index contributed by atoms with van der Waals surface area (Å²) in [5.74, 6) is -1.25. The number of hydrogen-bond acceptors (Lipinski definition) is 5. The van der Waals surface area contributed by atoms with E-state index in [0.717, 1.165) is 41.0 Å². The standard InChI is InChI=1S/C22H14BrClF4N4O3S/c1-30-17(22(26,27)28)8-18(33)32(21(30)35)16-7-15(13(24)6-14(16)25)29-20-31(19(34)10-36-20)9-11-2-4-12(23)5-3-11/h2-8H,9-10H2,1H3. The maximum absolute atomic E-state index is 14.8. The number of amidine groups is 1. The Bertz CT molecular complexity index is 1520. The summed E-state index contributed by atoms with van der Waals surface area (Å²) in [7, 11) is 0.816. The number of benzene rings is 2. The van der Waals surface area contributed by atoms with Crippen LogP contribution in [0.5, 0.6) is 0 Å². The van der Waals surface area contributed by atoms with Gasteiger partial charge in [0.15, 0.2) is 5.17 Å². The lowest BCUT2D eigenvalue weighted by atomic mass is 10.2. The first-order valence-corrected chi connectivity index (χ1v) is 12.2. The van der Waals surface area contributed by atoms with Crippen molar-refractivity contribution in [3.8, 4) is 5.69 Å². The number of alkyl halides is 3. The van der Waals surface area contributed by atoms with Crippen LogP contribution in [0.15, 0.2) is 61.5 Å². The molecule has 1 amide bonds. The lowest BCUT2D eigenvalue weighted by Crippen LogP contribution is -2.41. The number of amides is 1. The quantitative estimate of drug-likeness (QED) is 0.398. The highest BCUT2D eigenvalue weighted by Gasteiger charge is 2.35.